The number of aromatic nitrogens is 2. The number of nitrogens with one attached hydrogen (secondary N) is 2. The molecule has 1 aliphatic rings. The first kappa shape index (κ1) is 14.4. The first-order valence-electron chi connectivity index (χ1n) is 6.47. The molecule has 110 valence electrons. The number of hydrogen-bond acceptors (Lipinski definition) is 5. The topological polar surface area (TPSA) is 93.2 Å². The molecule has 1 saturated heterocycles. The molecule has 0 bridgehead atoms. The minimum absolute atomic E-state index is 0.282. The van der Waals surface area contributed by atoms with Crippen LogP contribution in [0.3, 0.4) is 0 Å². The lowest BCUT2D eigenvalue weighted by molar-refractivity contribution is -0.156. The van der Waals surface area contributed by atoms with Crippen molar-refractivity contribution in [1.29, 1.82) is 0 Å². The standard InChI is InChI=1S/C12H16FN3O4/c1-2-9(20-11(18)8-4-3-5-14-8)16-6-7(13)10(17)15-12(16)19/h6,8-9,14H,2-5H2,1H3,(H,15,17,19). The van der Waals surface area contributed by atoms with E-state index in [-0.39, 0.29) is 6.42 Å². The van der Waals surface area contributed by atoms with Gasteiger partial charge in [0.15, 0.2) is 6.23 Å². The summed E-state index contributed by atoms with van der Waals surface area (Å²) in [6.07, 6.45) is 1.64. The molecule has 0 amide bonds. The molecule has 1 fully saturated rings. The third kappa shape index (κ3) is 2.96. The molecule has 2 unspecified atom stereocenters. The van der Waals surface area contributed by atoms with Crippen molar-refractivity contribution in [2.24, 2.45) is 0 Å². The summed E-state index contributed by atoms with van der Waals surface area (Å²) in [5.41, 5.74) is -1.90. The summed E-state index contributed by atoms with van der Waals surface area (Å²) < 4.78 is 19.3. The average molecular weight is 285 g/mol. The van der Waals surface area contributed by atoms with Gasteiger partial charge in [0, 0.05) is 6.42 Å². The van der Waals surface area contributed by atoms with Gasteiger partial charge in [0.25, 0.3) is 5.56 Å². The number of esters is 1. The molecule has 0 saturated carbocycles. The molecular formula is C12H16FN3O4. The zero-order chi connectivity index (χ0) is 14.7. The summed E-state index contributed by atoms with van der Waals surface area (Å²) >= 11 is 0. The number of carbonyl (C=O) groups is 1. The highest BCUT2D eigenvalue weighted by molar-refractivity contribution is 5.76. The van der Waals surface area contributed by atoms with Gasteiger partial charge in [0.05, 0.1) is 6.20 Å². The number of nitrogens with zero attached hydrogens (tertiary/aromatic N) is 1. The van der Waals surface area contributed by atoms with Gasteiger partial charge in [0.2, 0.25) is 5.82 Å². The fraction of sp³-hybridized carbons (Fsp3) is 0.583. The van der Waals surface area contributed by atoms with E-state index in [4.69, 9.17) is 4.74 Å². The van der Waals surface area contributed by atoms with Crippen LogP contribution in [0.4, 0.5) is 4.39 Å². The van der Waals surface area contributed by atoms with E-state index in [1.807, 2.05) is 4.98 Å². The normalized spacial score (nSPS) is 19.8. The van der Waals surface area contributed by atoms with E-state index in [0.29, 0.717) is 6.42 Å². The van der Waals surface area contributed by atoms with Crippen LogP contribution in [-0.2, 0) is 9.53 Å². The number of H-pyrrole nitrogens is 1. The van der Waals surface area contributed by atoms with Gasteiger partial charge in [-0.2, -0.15) is 4.39 Å². The van der Waals surface area contributed by atoms with Gasteiger partial charge >= 0.3 is 11.7 Å². The van der Waals surface area contributed by atoms with Gasteiger partial charge in [-0.1, -0.05) is 6.92 Å². The second-order valence-electron chi connectivity index (χ2n) is 4.59. The number of aromatic amines is 1. The lowest BCUT2D eigenvalue weighted by Crippen LogP contribution is -2.38. The van der Waals surface area contributed by atoms with Gasteiger partial charge in [-0.3, -0.25) is 19.1 Å². The summed E-state index contributed by atoms with van der Waals surface area (Å²) in [6.45, 7) is 2.43. The van der Waals surface area contributed by atoms with Crippen molar-refractivity contribution in [3.8, 4) is 0 Å². The molecule has 0 aliphatic carbocycles. The molecule has 20 heavy (non-hydrogen) atoms. The molecule has 2 N–H and O–H groups in total. The molecule has 2 rings (SSSR count). The summed E-state index contributed by atoms with van der Waals surface area (Å²) in [7, 11) is 0. The molecule has 2 atom stereocenters. The Morgan fingerprint density at radius 2 is 2.35 bits per heavy atom. The average Bonchev–Trinajstić information content (AvgIpc) is 2.94. The van der Waals surface area contributed by atoms with Gasteiger partial charge < -0.3 is 10.1 Å². The van der Waals surface area contributed by atoms with Crippen LogP contribution in [0.2, 0.25) is 0 Å². The molecule has 0 aromatic carbocycles. The summed E-state index contributed by atoms with van der Waals surface area (Å²) in [5.74, 6) is -1.58. The van der Waals surface area contributed by atoms with Crippen LogP contribution in [0.25, 0.3) is 0 Å². The fourth-order valence-corrected chi connectivity index (χ4v) is 2.11. The van der Waals surface area contributed by atoms with E-state index < -0.39 is 35.3 Å². The van der Waals surface area contributed by atoms with Gasteiger partial charge in [-0.05, 0) is 19.4 Å². The fourth-order valence-electron chi connectivity index (χ4n) is 2.11. The lowest BCUT2D eigenvalue weighted by Gasteiger charge is -2.20. The largest absolute Gasteiger partial charge is 0.440 e. The molecule has 2 heterocycles. The van der Waals surface area contributed by atoms with Crippen LogP contribution >= 0.6 is 0 Å². The van der Waals surface area contributed by atoms with Crippen molar-refractivity contribution in [1.82, 2.24) is 14.9 Å². The predicted octanol–water partition coefficient (Wildman–Crippen LogP) is -0.120. The minimum Gasteiger partial charge on any atom is -0.440 e. The van der Waals surface area contributed by atoms with Crippen LogP contribution in [0.1, 0.15) is 32.4 Å². The number of hydrogen-bond donors (Lipinski definition) is 2. The van der Waals surface area contributed by atoms with Gasteiger partial charge in [-0.15, -0.1) is 0 Å². The first-order chi connectivity index (χ1) is 9.52. The van der Waals surface area contributed by atoms with Crippen molar-refractivity contribution < 1.29 is 13.9 Å². The number of ether oxygens (including phenoxy) is 1. The molecule has 0 spiro atoms. The monoisotopic (exact) mass is 285 g/mol. The van der Waals surface area contributed by atoms with Crippen molar-refractivity contribution in [2.75, 3.05) is 6.54 Å². The zero-order valence-electron chi connectivity index (χ0n) is 11.0. The van der Waals surface area contributed by atoms with Crippen molar-refractivity contribution in [2.45, 2.75) is 38.5 Å². The molecule has 0 radical (unpaired) electrons. The van der Waals surface area contributed by atoms with Gasteiger partial charge in [-0.25, -0.2) is 4.79 Å². The van der Waals surface area contributed by atoms with E-state index in [0.717, 1.165) is 23.7 Å². The lowest BCUT2D eigenvalue weighted by atomic mass is 10.2. The Morgan fingerprint density at radius 1 is 1.60 bits per heavy atom. The third-order valence-corrected chi connectivity index (χ3v) is 3.18. The maximum absolute atomic E-state index is 13.2. The van der Waals surface area contributed by atoms with Crippen LogP contribution < -0.4 is 16.6 Å². The summed E-state index contributed by atoms with van der Waals surface area (Å²) in [4.78, 5) is 36.3. The number of carbonyl (C=O) groups excluding carboxylic acids is 1. The van der Waals surface area contributed by atoms with Crippen LogP contribution in [0, 0.1) is 5.82 Å². The van der Waals surface area contributed by atoms with E-state index in [9.17, 15) is 18.8 Å². The molecule has 7 nitrogen and oxygen atoms in total. The molecular weight excluding hydrogens is 269 g/mol. The minimum atomic E-state index is -1.10. The second kappa shape index (κ2) is 6.00. The van der Waals surface area contributed by atoms with Crippen molar-refractivity contribution in [3.63, 3.8) is 0 Å². The zero-order valence-corrected chi connectivity index (χ0v) is 11.0. The van der Waals surface area contributed by atoms with Crippen molar-refractivity contribution in [3.05, 3.63) is 32.9 Å². The highest BCUT2D eigenvalue weighted by atomic mass is 19.1. The Morgan fingerprint density at radius 3 is 2.95 bits per heavy atom. The van der Waals surface area contributed by atoms with Gasteiger partial charge in [0.1, 0.15) is 6.04 Å². The summed E-state index contributed by atoms with van der Waals surface area (Å²) in [5, 5.41) is 2.98. The summed E-state index contributed by atoms with van der Waals surface area (Å²) in [6, 6.07) is -0.396. The third-order valence-electron chi connectivity index (χ3n) is 3.18. The quantitative estimate of drug-likeness (QED) is 0.752. The Balaban J connectivity index is 2.20. The van der Waals surface area contributed by atoms with E-state index in [2.05, 4.69) is 5.32 Å². The first-order valence-corrected chi connectivity index (χ1v) is 6.47. The second-order valence-corrected chi connectivity index (χ2v) is 4.59. The van der Waals surface area contributed by atoms with Crippen LogP contribution in [0.5, 0.6) is 0 Å². The highest BCUT2D eigenvalue weighted by Crippen LogP contribution is 2.14. The smallest absolute Gasteiger partial charge is 0.331 e. The van der Waals surface area contributed by atoms with E-state index in [1.54, 1.807) is 6.92 Å². The number of halogens is 1. The van der Waals surface area contributed by atoms with Crippen molar-refractivity contribution >= 4 is 5.97 Å². The Bertz CT molecular complexity index is 603. The van der Waals surface area contributed by atoms with Crippen LogP contribution in [-0.4, -0.2) is 28.1 Å². The molecule has 8 heteroatoms. The molecule has 1 aromatic rings. The molecule has 1 aromatic heterocycles. The SMILES string of the molecule is CCC(OC(=O)C1CCCN1)n1cc(F)c(=O)[nH]c1=O. The maximum Gasteiger partial charge on any atom is 0.331 e. The molecule has 1 aliphatic heterocycles. The maximum atomic E-state index is 13.2. The van der Waals surface area contributed by atoms with E-state index in [1.165, 1.54) is 0 Å². The number of rotatable bonds is 4. The Hall–Kier alpha value is -1.96. The predicted molar refractivity (Wildman–Crippen MR) is 67.7 cm³/mol. The Kier molecular flexibility index (Phi) is 4.33. The Labute approximate surface area is 113 Å². The van der Waals surface area contributed by atoms with Crippen LogP contribution in [0.15, 0.2) is 15.8 Å². The highest BCUT2D eigenvalue weighted by Gasteiger charge is 2.26. The van der Waals surface area contributed by atoms with E-state index >= 15 is 0 Å².